The van der Waals surface area contributed by atoms with E-state index in [-0.39, 0.29) is 6.15 Å². The van der Waals surface area contributed by atoms with Gasteiger partial charge in [-0.25, -0.2) is 4.98 Å². The van der Waals surface area contributed by atoms with Gasteiger partial charge in [0.2, 0.25) is 0 Å². The van der Waals surface area contributed by atoms with E-state index in [2.05, 4.69) is 44.2 Å². The highest BCUT2D eigenvalue weighted by Crippen LogP contribution is 1.94. The van der Waals surface area contributed by atoms with Gasteiger partial charge in [-0.2, -0.15) is 27.3 Å². The van der Waals surface area contributed by atoms with Crippen LogP contribution in [0.3, 0.4) is 0 Å². The van der Waals surface area contributed by atoms with E-state index < -0.39 is 0 Å². The number of aromatic amines is 1. The Morgan fingerprint density at radius 3 is 1.92 bits per heavy atom. The van der Waals surface area contributed by atoms with E-state index in [4.69, 9.17) is 0 Å². The summed E-state index contributed by atoms with van der Waals surface area (Å²) in [6.45, 7) is 13.1. The van der Waals surface area contributed by atoms with Crippen molar-refractivity contribution >= 4 is 6.15 Å². The van der Waals surface area contributed by atoms with Gasteiger partial charge in [0, 0.05) is 18.3 Å². The Hall–Kier alpha value is -0.725. The summed E-state index contributed by atoms with van der Waals surface area (Å²) in [5.41, 5.74) is 1.14. The van der Waals surface area contributed by atoms with Gasteiger partial charge in [-0.3, -0.25) is 0 Å². The van der Waals surface area contributed by atoms with Crippen molar-refractivity contribution < 1.29 is 0 Å². The van der Waals surface area contributed by atoms with Gasteiger partial charge in [-0.05, 0) is 13.1 Å². The molecule has 0 amide bonds. The summed E-state index contributed by atoms with van der Waals surface area (Å²) < 4.78 is 0. The maximum absolute atomic E-state index is 4.08. The number of aryl methyl sites for hydroxylation is 2. The molecule has 0 fully saturated rings. The summed E-state index contributed by atoms with van der Waals surface area (Å²) >= 11 is 0. The van der Waals surface area contributed by atoms with Crippen LogP contribution in [0.5, 0.6) is 0 Å². The van der Waals surface area contributed by atoms with Crippen molar-refractivity contribution in [1.29, 1.82) is 0 Å². The number of hydrogen-bond acceptors (Lipinski definition) is 1. The monoisotopic (exact) mass is 181 g/mol. The third kappa shape index (κ3) is 9.19. The number of rotatable bonds is 1. The highest BCUT2D eigenvalue weighted by molar-refractivity contribution is 6.74. The van der Waals surface area contributed by atoms with E-state index in [0.29, 0.717) is 0 Å². The van der Waals surface area contributed by atoms with Crippen LogP contribution in [-0.2, 0) is 6.42 Å². The van der Waals surface area contributed by atoms with Gasteiger partial charge in [0.05, 0.1) is 0 Å². The Morgan fingerprint density at radius 2 is 1.77 bits per heavy atom. The van der Waals surface area contributed by atoms with Crippen molar-refractivity contribution in [1.82, 2.24) is 9.97 Å². The third-order valence-corrected chi connectivity index (χ3v) is 1.09. The lowest BCUT2D eigenvalue weighted by Gasteiger charge is -2.10. The lowest BCUT2D eigenvalue weighted by atomic mass is 9.32. The van der Waals surface area contributed by atoms with Crippen LogP contribution in [0.1, 0.15) is 18.4 Å². The number of H-pyrrole nitrogens is 1. The molecule has 0 atom stereocenters. The Morgan fingerprint density at radius 1 is 1.31 bits per heavy atom. The zero-order valence-corrected chi connectivity index (χ0v) is 9.81. The molecule has 0 saturated carbocycles. The second kappa shape index (κ2) is 5.10. The maximum atomic E-state index is 4.08. The van der Waals surface area contributed by atoms with Crippen molar-refractivity contribution in [2.24, 2.45) is 0 Å². The van der Waals surface area contributed by atoms with Gasteiger partial charge in [-0.15, -0.1) is 0 Å². The Bertz CT molecular complexity index is 229. The van der Waals surface area contributed by atoms with Crippen LogP contribution >= 0.6 is 0 Å². The van der Waals surface area contributed by atoms with E-state index in [1.165, 1.54) is 0 Å². The second-order valence-electron chi connectivity index (χ2n) is 5.33. The Kier molecular flexibility index (Phi) is 4.82. The lowest BCUT2D eigenvalue weighted by molar-refractivity contribution is 0.982. The highest BCUT2D eigenvalue weighted by Gasteiger charge is 1.90. The second-order valence-corrected chi connectivity index (χ2v) is 5.33. The first-order chi connectivity index (χ1) is 5.83. The van der Waals surface area contributed by atoms with Crippen molar-refractivity contribution in [2.45, 2.75) is 47.6 Å². The number of nitrogens with zero attached hydrogens (tertiary/aromatic N) is 1. The zero-order valence-electron chi connectivity index (χ0n) is 9.81. The van der Waals surface area contributed by atoms with E-state index >= 15 is 0 Å². The molecule has 0 aliphatic carbocycles. The van der Waals surface area contributed by atoms with Gasteiger partial charge in [0.25, 0.3) is 0 Å². The summed E-state index contributed by atoms with van der Waals surface area (Å²) in [5.74, 6) is 1.07. The molecule has 0 bridgehead atoms. The minimum absolute atomic E-state index is 0. The van der Waals surface area contributed by atoms with E-state index in [9.17, 15) is 0 Å². The van der Waals surface area contributed by atoms with Crippen LogP contribution in [0.2, 0.25) is 27.3 Å². The molecule has 0 aliphatic rings. The minimum Gasteiger partial charge on any atom is -0.346 e. The molecule has 13 heavy (non-hydrogen) atoms. The number of imidazole rings is 1. The first-order valence-corrected chi connectivity index (χ1v) is 5.14. The van der Waals surface area contributed by atoms with E-state index in [1.807, 2.05) is 13.1 Å². The average Bonchev–Trinajstić information content (AvgIpc) is 2.31. The van der Waals surface area contributed by atoms with Gasteiger partial charge in [-0.1, -0.05) is 6.92 Å². The largest absolute Gasteiger partial charge is 0.346 e. The minimum atomic E-state index is 0. The number of hydrogen-bond donors (Lipinski definition) is 1. The summed E-state index contributed by atoms with van der Waals surface area (Å²) in [7, 11) is 0. The molecule has 0 saturated heterocycles. The van der Waals surface area contributed by atoms with Gasteiger partial charge in [0.15, 0.2) is 0 Å². The van der Waals surface area contributed by atoms with Crippen molar-refractivity contribution in [3.8, 4) is 0 Å². The van der Waals surface area contributed by atoms with Gasteiger partial charge >= 0.3 is 0 Å². The summed E-state index contributed by atoms with van der Waals surface area (Å²) in [4.78, 5) is 7.19. The molecule has 0 unspecified atom stereocenters. The molecular formula is C10H22BN2-. The summed E-state index contributed by atoms with van der Waals surface area (Å²) in [6, 6.07) is 0. The zero-order chi connectivity index (χ0) is 10.5. The molecule has 76 valence electrons. The molecule has 1 N–H and O–H groups in total. The van der Waals surface area contributed by atoms with Crippen LogP contribution in [0.4, 0.5) is 0 Å². The molecule has 0 aliphatic heterocycles. The quantitative estimate of drug-likeness (QED) is 0.662. The van der Waals surface area contributed by atoms with Crippen molar-refractivity contribution in [2.75, 3.05) is 0 Å². The van der Waals surface area contributed by atoms with Crippen LogP contribution in [0, 0.1) is 6.92 Å². The summed E-state index contributed by atoms with van der Waals surface area (Å²) in [6.07, 6.45) is 2.84. The Balaban J connectivity index is 0.000000252. The topological polar surface area (TPSA) is 28.7 Å². The van der Waals surface area contributed by atoms with Crippen LogP contribution in [0.25, 0.3) is 0 Å². The lowest BCUT2D eigenvalue weighted by Crippen LogP contribution is -2.10. The van der Waals surface area contributed by atoms with Gasteiger partial charge in [0.1, 0.15) is 5.82 Å². The molecule has 0 spiro atoms. The molecule has 1 aromatic heterocycles. The standard InChI is InChI=1S/C6H10N2.C4H12B/c1-3-6-7-4-5(2)8-6;1-5(2,3)4/h4H,3H2,1-2H3,(H,7,8);1-4H3/q;-1. The molecule has 2 nitrogen and oxygen atoms in total. The number of nitrogens with one attached hydrogen (secondary N) is 1. The molecular weight excluding hydrogens is 159 g/mol. The Labute approximate surface area is 82.1 Å². The molecule has 1 rings (SSSR count). The van der Waals surface area contributed by atoms with Gasteiger partial charge < -0.3 is 4.98 Å². The van der Waals surface area contributed by atoms with Crippen LogP contribution < -0.4 is 0 Å². The first kappa shape index (κ1) is 12.3. The molecule has 0 aromatic carbocycles. The molecule has 3 heteroatoms. The van der Waals surface area contributed by atoms with Crippen molar-refractivity contribution in [3.63, 3.8) is 0 Å². The van der Waals surface area contributed by atoms with Crippen LogP contribution in [-0.4, -0.2) is 16.1 Å². The fraction of sp³-hybridized carbons (Fsp3) is 0.700. The predicted molar refractivity (Wildman–Crippen MR) is 61.9 cm³/mol. The third-order valence-electron chi connectivity index (χ3n) is 1.09. The van der Waals surface area contributed by atoms with Crippen LogP contribution in [0.15, 0.2) is 6.20 Å². The normalized spacial score (nSPS) is 10.6. The fourth-order valence-electron chi connectivity index (χ4n) is 0.647. The maximum Gasteiger partial charge on any atom is 0.105 e. The van der Waals surface area contributed by atoms with E-state index in [0.717, 1.165) is 17.9 Å². The fourth-order valence-corrected chi connectivity index (χ4v) is 0.647. The molecule has 1 aromatic rings. The molecule has 0 radical (unpaired) electrons. The predicted octanol–water partition coefficient (Wildman–Crippen LogP) is 3.23. The highest BCUT2D eigenvalue weighted by atomic mass is 14.9. The smallest absolute Gasteiger partial charge is 0.105 e. The summed E-state index contributed by atoms with van der Waals surface area (Å²) in [5, 5.41) is 0. The number of aromatic nitrogens is 2. The van der Waals surface area contributed by atoms with Crippen molar-refractivity contribution in [3.05, 3.63) is 17.7 Å². The average molecular weight is 181 g/mol. The SMILES string of the molecule is CCc1ncc(C)[nH]1.C[B-](C)(C)C. The first-order valence-electron chi connectivity index (χ1n) is 5.14. The molecule has 1 heterocycles. The van der Waals surface area contributed by atoms with E-state index in [1.54, 1.807) is 0 Å².